The number of hydrogen-bond acceptors (Lipinski definition) is 7. The van der Waals surface area contributed by atoms with E-state index in [2.05, 4.69) is 20.7 Å². The fourth-order valence-electron chi connectivity index (χ4n) is 4.74. The molecule has 0 spiro atoms. The number of aromatic hydroxyl groups is 1. The van der Waals surface area contributed by atoms with E-state index in [9.17, 15) is 9.90 Å². The number of phenolic OH excluding ortho intramolecular Hbond substituents is 1. The number of rotatable bonds is 8. The lowest BCUT2D eigenvalue weighted by Crippen LogP contribution is -2.32. The van der Waals surface area contributed by atoms with Crippen molar-refractivity contribution in [2.45, 2.75) is 39.2 Å². The van der Waals surface area contributed by atoms with Crippen LogP contribution in [0.2, 0.25) is 0 Å². The summed E-state index contributed by atoms with van der Waals surface area (Å²) in [6.45, 7) is 4.55. The standard InChI is InChI=1S/C28H31N7O3/c1-4-17-10-20(36)6-7-23(17)34-28(29)22-14-32-35-15-18(21-13-30-26(38-3)9-16(21)2)11-24(35)27(22)31-12-19-5-8-25(37)33-19/h6-7,9-11,13-15,19,31,36H,4-5,8,12H2,1-3H3,(H2,29,34)(H,33,37)/t19-/m1/s1. The molecule has 10 nitrogen and oxygen atoms in total. The summed E-state index contributed by atoms with van der Waals surface area (Å²) in [5.41, 5.74) is 13.3. The summed E-state index contributed by atoms with van der Waals surface area (Å²) in [6.07, 6.45) is 7.41. The zero-order valence-electron chi connectivity index (χ0n) is 21.7. The molecular formula is C28H31N7O3. The van der Waals surface area contributed by atoms with Crippen molar-refractivity contribution in [1.82, 2.24) is 19.9 Å². The van der Waals surface area contributed by atoms with Crippen molar-refractivity contribution in [3.05, 3.63) is 65.6 Å². The highest BCUT2D eigenvalue weighted by molar-refractivity contribution is 6.06. The number of carbonyl (C=O) groups is 1. The van der Waals surface area contributed by atoms with E-state index in [4.69, 9.17) is 15.5 Å². The molecule has 4 aromatic rings. The molecule has 1 aliphatic rings. The number of anilines is 1. The van der Waals surface area contributed by atoms with Crippen LogP contribution in [-0.4, -0.2) is 51.1 Å². The van der Waals surface area contributed by atoms with Gasteiger partial charge in [-0.25, -0.2) is 14.5 Å². The van der Waals surface area contributed by atoms with Gasteiger partial charge in [0.15, 0.2) is 0 Å². The van der Waals surface area contributed by atoms with Crippen LogP contribution in [0.15, 0.2) is 53.9 Å². The van der Waals surface area contributed by atoms with Crippen molar-refractivity contribution in [3.63, 3.8) is 0 Å². The summed E-state index contributed by atoms with van der Waals surface area (Å²) >= 11 is 0. The Morgan fingerprint density at radius 2 is 2.16 bits per heavy atom. The maximum absolute atomic E-state index is 11.8. The number of benzene rings is 1. The van der Waals surface area contributed by atoms with Crippen LogP contribution in [0.25, 0.3) is 16.6 Å². The van der Waals surface area contributed by atoms with Crippen molar-refractivity contribution in [3.8, 4) is 22.8 Å². The molecule has 1 aromatic carbocycles. The average molecular weight is 514 g/mol. The molecule has 0 aliphatic carbocycles. The molecule has 5 N–H and O–H groups in total. The van der Waals surface area contributed by atoms with Crippen molar-refractivity contribution in [1.29, 1.82) is 0 Å². The quantitative estimate of drug-likeness (QED) is 0.208. The van der Waals surface area contributed by atoms with Gasteiger partial charge in [-0.2, -0.15) is 5.10 Å². The van der Waals surface area contributed by atoms with Crippen LogP contribution in [-0.2, 0) is 11.2 Å². The lowest BCUT2D eigenvalue weighted by Gasteiger charge is -2.17. The summed E-state index contributed by atoms with van der Waals surface area (Å²) in [4.78, 5) is 20.8. The maximum atomic E-state index is 11.8. The van der Waals surface area contributed by atoms with Gasteiger partial charge in [-0.1, -0.05) is 6.92 Å². The predicted octanol–water partition coefficient (Wildman–Crippen LogP) is 3.71. The molecule has 0 saturated carbocycles. The summed E-state index contributed by atoms with van der Waals surface area (Å²) in [5.74, 6) is 1.10. The lowest BCUT2D eigenvalue weighted by atomic mass is 10.1. The number of aliphatic imine (C=N–C) groups is 1. The topological polar surface area (TPSA) is 139 Å². The minimum absolute atomic E-state index is 0.0213. The normalized spacial score (nSPS) is 15.6. The molecule has 4 heterocycles. The lowest BCUT2D eigenvalue weighted by molar-refractivity contribution is -0.119. The molecule has 3 aromatic heterocycles. The molecule has 1 saturated heterocycles. The maximum Gasteiger partial charge on any atom is 0.220 e. The number of ether oxygens (including phenoxy) is 1. The van der Waals surface area contributed by atoms with Gasteiger partial charge in [0.2, 0.25) is 11.8 Å². The summed E-state index contributed by atoms with van der Waals surface area (Å²) in [6, 6.07) is 9.00. The second-order valence-corrected chi connectivity index (χ2v) is 9.38. The molecule has 196 valence electrons. The second kappa shape index (κ2) is 10.4. The predicted molar refractivity (Wildman–Crippen MR) is 147 cm³/mol. The first-order chi connectivity index (χ1) is 18.4. The van der Waals surface area contributed by atoms with Crippen molar-refractivity contribution < 1.29 is 14.6 Å². The fraction of sp³-hybridized carbons (Fsp3) is 0.286. The van der Waals surface area contributed by atoms with E-state index in [1.54, 1.807) is 42.2 Å². The van der Waals surface area contributed by atoms with Crippen molar-refractivity contribution >= 4 is 28.6 Å². The van der Waals surface area contributed by atoms with Crippen LogP contribution in [0, 0.1) is 6.92 Å². The van der Waals surface area contributed by atoms with Crippen LogP contribution >= 0.6 is 0 Å². The molecule has 0 unspecified atom stereocenters. The van der Waals surface area contributed by atoms with Crippen LogP contribution in [0.3, 0.4) is 0 Å². The van der Waals surface area contributed by atoms with Gasteiger partial charge in [0, 0.05) is 48.6 Å². The minimum atomic E-state index is 0.0213. The zero-order chi connectivity index (χ0) is 26.8. The van der Waals surface area contributed by atoms with Gasteiger partial charge in [0.1, 0.15) is 11.6 Å². The van der Waals surface area contributed by atoms with E-state index in [0.717, 1.165) is 39.9 Å². The summed E-state index contributed by atoms with van der Waals surface area (Å²) in [7, 11) is 1.60. The number of aromatic nitrogens is 3. The molecule has 0 bridgehead atoms. The fourth-order valence-corrected chi connectivity index (χ4v) is 4.74. The third-order valence-electron chi connectivity index (χ3n) is 6.81. The number of carbonyl (C=O) groups excluding carboxylic acids is 1. The largest absolute Gasteiger partial charge is 0.508 e. The first-order valence-corrected chi connectivity index (χ1v) is 12.6. The van der Waals surface area contributed by atoms with Gasteiger partial charge < -0.3 is 26.2 Å². The van der Waals surface area contributed by atoms with Gasteiger partial charge in [-0.3, -0.25) is 4.79 Å². The number of hydrogen-bond donors (Lipinski definition) is 4. The van der Waals surface area contributed by atoms with Crippen LogP contribution in [0.1, 0.15) is 36.5 Å². The Morgan fingerprint density at radius 3 is 2.87 bits per heavy atom. The molecule has 5 rings (SSSR count). The molecule has 10 heteroatoms. The number of fused-ring (bicyclic) bond motifs is 1. The number of amidine groups is 1. The number of phenols is 1. The molecule has 1 aliphatic heterocycles. The van der Waals surface area contributed by atoms with Gasteiger partial charge in [-0.05, 0) is 55.2 Å². The number of methoxy groups -OCH3 is 1. The first kappa shape index (κ1) is 25.1. The molecule has 1 amide bonds. The van der Waals surface area contributed by atoms with Crippen LogP contribution in [0.5, 0.6) is 11.6 Å². The first-order valence-electron chi connectivity index (χ1n) is 12.6. The highest BCUT2D eigenvalue weighted by Crippen LogP contribution is 2.32. The monoisotopic (exact) mass is 513 g/mol. The van der Waals surface area contributed by atoms with Gasteiger partial charge in [-0.15, -0.1) is 0 Å². The Hall–Kier alpha value is -4.60. The van der Waals surface area contributed by atoms with Crippen LogP contribution < -0.4 is 21.1 Å². The Balaban J connectivity index is 1.59. The van der Waals surface area contributed by atoms with E-state index >= 15 is 0 Å². The third-order valence-corrected chi connectivity index (χ3v) is 6.81. The van der Waals surface area contributed by atoms with E-state index in [-0.39, 0.29) is 17.7 Å². The average Bonchev–Trinajstić information content (AvgIpc) is 3.53. The summed E-state index contributed by atoms with van der Waals surface area (Å²) < 4.78 is 7.05. The number of nitrogens with two attached hydrogens (primary N) is 1. The Labute approximate surface area is 220 Å². The highest BCUT2D eigenvalue weighted by Gasteiger charge is 2.22. The molecule has 1 atom stereocenters. The minimum Gasteiger partial charge on any atom is -0.508 e. The Kier molecular flexibility index (Phi) is 6.87. The second-order valence-electron chi connectivity index (χ2n) is 9.38. The van der Waals surface area contributed by atoms with Crippen molar-refractivity contribution in [2.24, 2.45) is 10.7 Å². The van der Waals surface area contributed by atoms with E-state index in [1.165, 1.54) is 0 Å². The van der Waals surface area contributed by atoms with E-state index in [0.29, 0.717) is 42.4 Å². The number of amides is 1. The number of nitrogens with zero attached hydrogens (tertiary/aromatic N) is 4. The van der Waals surface area contributed by atoms with Crippen LogP contribution in [0.4, 0.5) is 11.4 Å². The molecule has 1 fully saturated rings. The summed E-state index contributed by atoms with van der Waals surface area (Å²) in [5, 5.41) is 21.0. The smallest absolute Gasteiger partial charge is 0.220 e. The number of nitrogens with one attached hydrogen (secondary N) is 2. The molecular weight excluding hydrogens is 482 g/mol. The third kappa shape index (κ3) is 4.97. The van der Waals surface area contributed by atoms with Gasteiger partial charge in [0.25, 0.3) is 0 Å². The Bertz CT molecular complexity index is 1540. The SMILES string of the molecule is CCc1cc(O)ccc1/N=C(\N)c1cnn2cc(-c3cnc(OC)cc3C)cc2c1NC[C@H]1CCC(=O)N1. The number of aryl methyl sites for hydroxylation is 2. The van der Waals surface area contributed by atoms with Gasteiger partial charge in [0.05, 0.1) is 35.8 Å². The van der Waals surface area contributed by atoms with E-state index in [1.807, 2.05) is 32.2 Å². The Morgan fingerprint density at radius 1 is 1.32 bits per heavy atom. The van der Waals surface area contributed by atoms with Crippen molar-refractivity contribution in [2.75, 3.05) is 19.0 Å². The molecule has 38 heavy (non-hydrogen) atoms. The number of pyridine rings is 1. The van der Waals surface area contributed by atoms with E-state index < -0.39 is 0 Å². The zero-order valence-corrected chi connectivity index (χ0v) is 21.7. The highest BCUT2D eigenvalue weighted by atomic mass is 16.5. The van der Waals surface area contributed by atoms with Gasteiger partial charge >= 0.3 is 0 Å². The molecule has 0 radical (unpaired) electrons.